The molecule has 0 amide bonds. The van der Waals surface area contributed by atoms with Crippen molar-refractivity contribution in [2.45, 2.75) is 38.1 Å². The molecule has 192 valence electrons. The van der Waals surface area contributed by atoms with Crippen molar-refractivity contribution >= 4 is 45.7 Å². The van der Waals surface area contributed by atoms with Crippen molar-refractivity contribution in [2.24, 2.45) is 5.92 Å². The summed E-state index contributed by atoms with van der Waals surface area (Å²) in [4.78, 5) is 11.4. The summed E-state index contributed by atoms with van der Waals surface area (Å²) in [5.74, 6) is 1.58. The number of para-hydroxylation sites is 3. The highest BCUT2D eigenvalue weighted by molar-refractivity contribution is 7.80. The molecular weight excluding hydrogens is 489 g/mol. The van der Waals surface area contributed by atoms with Gasteiger partial charge in [-0.2, -0.15) is 4.98 Å². The van der Waals surface area contributed by atoms with Gasteiger partial charge in [-0.1, -0.05) is 24.3 Å². The molecule has 1 aliphatic carbocycles. The highest BCUT2D eigenvalue weighted by Gasteiger charge is 2.32. The SMILES string of the molecule is CN(C)c1nc(N[C@H]2CC[C@@H](CNC(=S)Nc3ccccc3OC(F)(F)F)CC2)nc2ccccc12. The van der Waals surface area contributed by atoms with Gasteiger partial charge in [0.15, 0.2) is 10.9 Å². The van der Waals surface area contributed by atoms with Gasteiger partial charge in [0.25, 0.3) is 0 Å². The number of benzene rings is 2. The molecule has 2 aromatic carbocycles. The number of fused-ring (bicyclic) bond motifs is 1. The van der Waals surface area contributed by atoms with E-state index < -0.39 is 6.36 Å². The van der Waals surface area contributed by atoms with E-state index in [2.05, 4.69) is 20.7 Å². The van der Waals surface area contributed by atoms with E-state index in [4.69, 9.17) is 22.2 Å². The maximum atomic E-state index is 12.6. The van der Waals surface area contributed by atoms with E-state index in [1.807, 2.05) is 43.3 Å². The number of anilines is 3. The van der Waals surface area contributed by atoms with Crippen LogP contribution in [0.1, 0.15) is 25.7 Å². The van der Waals surface area contributed by atoms with Crippen molar-refractivity contribution in [2.75, 3.05) is 36.2 Å². The van der Waals surface area contributed by atoms with E-state index in [0.29, 0.717) is 18.4 Å². The Morgan fingerprint density at radius 3 is 2.44 bits per heavy atom. The van der Waals surface area contributed by atoms with E-state index in [1.165, 1.54) is 18.2 Å². The molecule has 0 aliphatic heterocycles. The van der Waals surface area contributed by atoms with Crippen LogP contribution in [-0.2, 0) is 0 Å². The third-order valence-electron chi connectivity index (χ3n) is 6.10. The Morgan fingerprint density at radius 1 is 1.03 bits per heavy atom. The third kappa shape index (κ3) is 6.87. The van der Waals surface area contributed by atoms with Crippen molar-refractivity contribution in [3.8, 4) is 5.75 Å². The fourth-order valence-electron chi connectivity index (χ4n) is 4.35. The zero-order chi connectivity index (χ0) is 25.7. The zero-order valence-corrected chi connectivity index (χ0v) is 20.9. The van der Waals surface area contributed by atoms with Crippen molar-refractivity contribution < 1.29 is 17.9 Å². The van der Waals surface area contributed by atoms with E-state index in [-0.39, 0.29) is 22.6 Å². The summed E-state index contributed by atoms with van der Waals surface area (Å²) in [6, 6.07) is 14.1. The molecule has 0 bridgehead atoms. The van der Waals surface area contributed by atoms with Crippen LogP contribution in [0.15, 0.2) is 48.5 Å². The molecule has 0 saturated heterocycles. The second-order valence-corrected chi connectivity index (χ2v) is 9.43. The Hall–Kier alpha value is -3.34. The van der Waals surface area contributed by atoms with E-state index in [9.17, 15) is 13.2 Å². The average Bonchev–Trinajstić information content (AvgIpc) is 2.83. The first-order chi connectivity index (χ1) is 17.2. The third-order valence-corrected chi connectivity index (χ3v) is 6.35. The number of hydrogen-bond acceptors (Lipinski definition) is 6. The smallest absolute Gasteiger partial charge is 0.404 e. The van der Waals surface area contributed by atoms with Crippen LogP contribution in [0.2, 0.25) is 0 Å². The molecule has 1 aliphatic rings. The van der Waals surface area contributed by atoms with Crippen LogP contribution in [-0.4, -0.2) is 48.1 Å². The molecule has 4 rings (SSSR count). The minimum Gasteiger partial charge on any atom is -0.404 e. The molecule has 0 spiro atoms. The van der Waals surface area contributed by atoms with Gasteiger partial charge in [0, 0.05) is 32.1 Å². The van der Waals surface area contributed by atoms with Gasteiger partial charge < -0.3 is 25.6 Å². The van der Waals surface area contributed by atoms with E-state index >= 15 is 0 Å². The van der Waals surface area contributed by atoms with Crippen LogP contribution in [0.5, 0.6) is 5.75 Å². The number of hydrogen-bond donors (Lipinski definition) is 3. The summed E-state index contributed by atoms with van der Waals surface area (Å²) in [5, 5.41) is 10.7. The van der Waals surface area contributed by atoms with Crippen LogP contribution in [0.25, 0.3) is 10.9 Å². The van der Waals surface area contributed by atoms with Gasteiger partial charge in [-0.3, -0.25) is 0 Å². The van der Waals surface area contributed by atoms with Gasteiger partial charge >= 0.3 is 6.36 Å². The fraction of sp³-hybridized carbons (Fsp3) is 0.400. The minimum absolute atomic E-state index is 0.160. The number of nitrogens with one attached hydrogen (secondary N) is 3. The van der Waals surface area contributed by atoms with Gasteiger partial charge in [0.1, 0.15) is 5.82 Å². The maximum absolute atomic E-state index is 12.6. The first-order valence-electron chi connectivity index (χ1n) is 11.8. The van der Waals surface area contributed by atoms with Crippen molar-refractivity contribution in [1.29, 1.82) is 0 Å². The Bertz CT molecular complexity index is 1200. The molecule has 36 heavy (non-hydrogen) atoms. The zero-order valence-electron chi connectivity index (χ0n) is 20.1. The monoisotopic (exact) mass is 518 g/mol. The second-order valence-electron chi connectivity index (χ2n) is 9.02. The molecule has 0 unspecified atom stereocenters. The molecule has 1 fully saturated rings. The highest BCUT2D eigenvalue weighted by atomic mass is 32.1. The number of rotatable bonds is 7. The fourth-order valence-corrected chi connectivity index (χ4v) is 4.54. The number of alkyl halides is 3. The molecule has 1 saturated carbocycles. The minimum atomic E-state index is -4.77. The Kier molecular flexibility index (Phi) is 7.97. The summed E-state index contributed by atoms with van der Waals surface area (Å²) in [6.45, 7) is 0.637. The standard InChI is InChI=1S/C25H29F3N6OS/c1-34(2)22-18-7-3-4-8-19(18)31-23(33-22)30-17-13-11-16(12-14-17)15-29-24(36)32-20-9-5-6-10-21(20)35-25(26,27)28/h3-10,16-17H,11-15H2,1-2H3,(H2,29,32,36)(H,30,31,33)/t16-,17+. The molecule has 7 nitrogen and oxygen atoms in total. The van der Waals surface area contributed by atoms with E-state index in [0.717, 1.165) is 42.4 Å². The van der Waals surface area contributed by atoms with Crippen LogP contribution in [0.3, 0.4) is 0 Å². The lowest BCUT2D eigenvalue weighted by Gasteiger charge is -2.30. The summed E-state index contributed by atoms with van der Waals surface area (Å²) >= 11 is 5.30. The molecule has 3 N–H and O–H groups in total. The second kappa shape index (κ2) is 11.2. The highest BCUT2D eigenvalue weighted by Crippen LogP contribution is 2.30. The summed E-state index contributed by atoms with van der Waals surface area (Å²) < 4.78 is 42.0. The predicted molar refractivity (Wildman–Crippen MR) is 141 cm³/mol. The van der Waals surface area contributed by atoms with Crippen LogP contribution in [0, 0.1) is 5.92 Å². The molecule has 1 heterocycles. The molecule has 11 heteroatoms. The van der Waals surface area contributed by atoms with Crippen molar-refractivity contribution in [3.63, 3.8) is 0 Å². The number of aromatic nitrogens is 2. The van der Waals surface area contributed by atoms with Gasteiger partial charge in [-0.25, -0.2) is 4.98 Å². The van der Waals surface area contributed by atoms with Gasteiger partial charge in [-0.15, -0.1) is 13.2 Å². The molecule has 0 atom stereocenters. The van der Waals surface area contributed by atoms with Crippen LogP contribution < -0.4 is 25.6 Å². The molecule has 3 aromatic rings. The van der Waals surface area contributed by atoms with Crippen molar-refractivity contribution in [1.82, 2.24) is 15.3 Å². The van der Waals surface area contributed by atoms with Gasteiger partial charge in [0.2, 0.25) is 5.95 Å². The predicted octanol–water partition coefficient (Wildman–Crippen LogP) is 5.55. The quantitative estimate of drug-likeness (QED) is 0.352. The topological polar surface area (TPSA) is 74.3 Å². The largest absolute Gasteiger partial charge is 0.573 e. The Labute approximate surface area is 213 Å². The maximum Gasteiger partial charge on any atom is 0.573 e. The number of thiocarbonyl (C=S) groups is 1. The first-order valence-corrected chi connectivity index (χ1v) is 12.2. The number of halogens is 3. The van der Waals surface area contributed by atoms with Gasteiger partial charge in [-0.05, 0) is 68.1 Å². The first kappa shape index (κ1) is 25.7. The number of nitrogens with zero attached hydrogens (tertiary/aromatic N) is 3. The molecule has 1 aromatic heterocycles. The summed E-state index contributed by atoms with van der Waals surface area (Å²) in [6.07, 6.45) is -0.889. The Morgan fingerprint density at radius 2 is 1.72 bits per heavy atom. The van der Waals surface area contributed by atoms with Gasteiger partial charge in [0.05, 0.1) is 11.2 Å². The Balaban J connectivity index is 1.27. The summed E-state index contributed by atoms with van der Waals surface area (Å²) in [5.41, 5.74) is 1.06. The van der Waals surface area contributed by atoms with Crippen LogP contribution >= 0.6 is 12.2 Å². The van der Waals surface area contributed by atoms with Crippen LogP contribution in [0.4, 0.5) is 30.6 Å². The number of ether oxygens (including phenoxy) is 1. The summed E-state index contributed by atoms with van der Waals surface area (Å²) in [7, 11) is 3.94. The lowest BCUT2D eigenvalue weighted by atomic mass is 9.86. The van der Waals surface area contributed by atoms with E-state index in [1.54, 1.807) is 6.07 Å². The molecule has 0 radical (unpaired) electrons. The normalized spacial score (nSPS) is 17.9. The van der Waals surface area contributed by atoms with Crippen molar-refractivity contribution in [3.05, 3.63) is 48.5 Å². The lowest BCUT2D eigenvalue weighted by Crippen LogP contribution is -2.36. The average molecular weight is 519 g/mol. The lowest BCUT2D eigenvalue weighted by molar-refractivity contribution is -0.274. The molecular formula is C25H29F3N6OS.